The number of rotatable bonds is 6. The van der Waals surface area contributed by atoms with E-state index in [9.17, 15) is 13.2 Å². The van der Waals surface area contributed by atoms with Crippen LogP contribution in [0, 0.1) is 5.92 Å². The second kappa shape index (κ2) is 8.24. The zero-order chi connectivity index (χ0) is 20.4. The maximum atomic E-state index is 13.3. The first-order chi connectivity index (χ1) is 13.9. The number of benzene rings is 2. The molecule has 0 bridgehead atoms. The molecule has 0 atom stereocenters. The van der Waals surface area contributed by atoms with Gasteiger partial charge in [-0.25, -0.2) is 8.42 Å². The molecule has 29 heavy (non-hydrogen) atoms. The van der Waals surface area contributed by atoms with Crippen molar-refractivity contribution < 1.29 is 13.2 Å². The van der Waals surface area contributed by atoms with E-state index in [0.29, 0.717) is 22.1 Å². The van der Waals surface area contributed by atoms with Gasteiger partial charge in [-0.15, -0.1) is 0 Å². The first kappa shape index (κ1) is 20.0. The number of halogens is 1. The maximum absolute atomic E-state index is 13.3. The van der Waals surface area contributed by atoms with Crippen molar-refractivity contribution in [3.63, 3.8) is 0 Å². The highest BCUT2D eigenvalue weighted by Crippen LogP contribution is 2.34. The Kier molecular flexibility index (Phi) is 5.69. The molecule has 1 heterocycles. The average molecular weight is 434 g/mol. The van der Waals surface area contributed by atoms with Gasteiger partial charge in [0.2, 0.25) is 5.91 Å². The molecular weight excluding hydrogens is 410 g/mol. The van der Waals surface area contributed by atoms with E-state index < -0.39 is 10.0 Å². The van der Waals surface area contributed by atoms with Gasteiger partial charge in [-0.2, -0.15) is 0 Å². The summed E-state index contributed by atoms with van der Waals surface area (Å²) in [5.74, 6) is -0.00579. The number of nitrogens with one attached hydrogen (secondary N) is 2. The normalized spacial score (nSPS) is 17.1. The van der Waals surface area contributed by atoms with Crippen molar-refractivity contribution in [3.8, 4) is 0 Å². The van der Waals surface area contributed by atoms with Crippen LogP contribution in [0.25, 0.3) is 0 Å². The SMILES string of the molecule is O=C(Nc1ccc(N2CCCCC2)c(S(=O)(=O)Nc2ccc(Cl)cc2)c1)C1CC1. The molecule has 1 saturated carbocycles. The second-order valence-electron chi connectivity index (χ2n) is 7.61. The summed E-state index contributed by atoms with van der Waals surface area (Å²) in [5, 5.41) is 3.38. The Hall–Kier alpha value is -2.25. The van der Waals surface area contributed by atoms with Gasteiger partial charge in [0, 0.05) is 35.4 Å². The lowest BCUT2D eigenvalue weighted by Gasteiger charge is -2.30. The number of carbonyl (C=O) groups excluding carboxylic acids is 1. The molecule has 0 unspecified atom stereocenters. The van der Waals surface area contributed by atoms with Crippen LogP contribution in [0.15, 0.2) is 47.4 Å². The lowest BCUT2D eigenvalue weighted by molar-refractivity contribution is -0.117. The Morgan fingerprint density at radius 3 is 2.28 bits per heavy atom. The standard InChI is InChI=1S/C21H24ClN3O3S/c22-16-6-8-17(9-7-16)24-29(27,28)20-14-18(23-21(26)15-4-5-15)10-11-19(20)25-12-2-1-3-13-25/h6-11,14-15,24H,1-5,12-13H2,(H,23,26). The molecule has 0 spiro atoms. The van der Waals surface area contributed by atoms with Gasteiger partial charge in [0.15, 0.2) is 0 Å². The lowest BCUT2D eigenvalue weighted by Crippen LogP contribution is -2.31. The van der Waals surface area contributed by atoms with Gasteiger partial charge < -0.3 is 10.2 Å². The van der Waals surface area contributed by atoms with Crippen LogP contribution in [0.3, 0.4) is 0 Å². The molecule has 154 valence electrons. The summed E-state index contributed by atoms with van der Waals surface area (Å²) in [7, 11) is -3.86. The van der Waals surface area contributed by atoms with Crippen LogP contribution in [-0.4, -0.2) is 27.4 Å². The smallest absolute Gasteiger partial charge is 0.264 e. The topological polar surface area (TPSA) is 78.5 Å². The van der Waals surface area contributed by atoms with E-state index in [0.717, 1.165) is 45.2 Å². The summed E-state index contributed by atoms with van der Waals surface area (Å²) in [6.45, 7) is 1.63. The van der Waals surface area contributed by atoms with Gasteiger partial charge in [0.1, 0.15) is 4.90 Å². The number of hydrogen-bond acceptors (Lipinski definition) is 4. The summed E-state index contributed by atoms with van der Waals surface area (Å²) < 4.78 is 29.1. The van der Waals surface area contributed by atoms with Crippen LogP contribution in [0.1, 0.15) is 32.1 Å². The number of hydrogen-bond donors (Lipinski definition) is 2. The van der Waals surface area contributed by atoms with Crippen LogP contribution in [0.5, 0.6) is 0 Å². The molecule has 0 radical (unpaired) electrons. The predicted octanol–water partition coefficient (Wildman–Crippen LogP) is 4.48. The monoisotopic (exact) mass is 433 g/mol. The fourth-order valence-electron chi connectivity index (χ4n) is 3.52. The van der Waals surface area contributed by atoms with Crippen LogP contribution >= 0.6 is 11.6 Å². The number of piperidine rings is 1. The molecule has 2 aliphatic rings. The first-order valence-corrected chi connectivity index (χ1v) is 11.8. The van der Waals surface area contributed by atoms with E-state index in [2.05, 4.69) is 14.9 Å². The Labute approximate surface area is 176 Å². The third kappa shape index (κ3) is 4.85. The van der Waals surface area contributed by atoms with Crippen molar-refractivity contribution in [1.29, 1.82) is 0 Å². The van der Waals surface area contributed by atoms with E-state index in [1.165, 1.54) is 0 Å². The van der Waals surface area contributed by atoms with Gasteiger partial charge in [-0.3, -0.25) is 9.52 Å². The average Bonchev–Trinajstić information content (AvgIpc) is 3.56. The van der Waals surface area contributed by atoms with Crippen molar-refractivity contribution in [1.82, 2.24) is 0 Å². The van der Waals surface area contributed by atoms with Crippen LogP contribution in [0.4, 0.5) is 17.1 Å². The quantitative estimate of drug-likeness (QED) is 0.704. The highest BCUT2D eigenvalue weighted by molar-refractivity contribution is 7.92. The predicted molar refractivity (Wildman–Crippen MR) is 116 cm³/mol. The first-order valence-electron chi connectivity index (χ1n) is 9.91. The van der Waals surface area contributed by atoms with Crippen LogP contribution in [-0.2, 0) is 14.8 Å². The Morgan fingerprint density at radius 1 is 0.966 bits per heavy atom. The zero-order valence-corrected chi connectivity index (χ0v) is 17.6. The molecule has 0 aromatic heterocycles. The summed E-state index contributed by atoms with van der Waals surface area (Å²) in [4.78, 5) is 14.4. The fourth-order valence-corrected chi connectivity index (χ4v) is 4.96. The third-order valence-corrected chi connectivity index (χ3v) is 6.92. The third-order valence-electron chi connectivity index (χ3n) is 5.26. The number of nitrogens with zero attached hydrogens (tertiary/aromatic N) is 1. The van der Waals surface area contributed by atoms with Crippen molar-refractivity contribution in [3.05, 3.63) is 47.5 Å². The van der Waals surface area contributed by atoms with Gasteiger partial charge >= 0.3 is 0 Å². The van der Waals surface area contributed by atoms with E-state index in [-0.39, 0.29) is 16.7 Å². The molecule has 2 aromatic rings. The minimum absolute atomic E-state index is 0.0454. The molecular formula is C21H24ClN3O3S. The molecule has 1 aliphatic heterocycles. The Balaban J connectivity index is 1.67. The summed E-state index contributed by atoms with van der Waals surface area (Å²) in [6.07, 6.45) is 4.99. The number of anilines is 3. The van der Waals surface area contributed by atoms with Gasteiger partial charge in [0.25, 0.3) is 10.0 Å². The minimum Gasteiger partial charge on any atom is -0.370 e. The molecule has 2 fully saturated rings. The molecule has 1 amide bonds. The van der Waals surface area contributed by atoms with Gasteiger partial charge in [-0.05, 0) is 74.6 Å². The van der Waals surface area contributed by atoms with Crippen molar-refractivity contribution in [2.75, 3.05) is 28.0 Å². The summed E-state index contributed by atoms with van der Waals surface area (Å²) >= 11 is 5.90. The van der Waals surface area contributed by atoms with E-state index in [1.54, 1.807) is 42.5 Å². The van der Waals surface area contributed by atoms with E-state index in [4.69, 9.17) is 11.6 Å². The van der Waals surface area contributed by atoms with Crippen LogP contribution in [0.2, 0.25) is 5.02 Å². The molecule has 1 saturated heterocycles. The molecule has 2 N–H and O–H groups in total. The molecule has 2 aromatic carbocycles. The molecule has 6 nitrogen and oxygen atoms in total. The minimum atomic E-state index is -3.86. The molecule has 4 rings (SSSR count). The molecule has 1 aliphatic carbocycles. The Morgan fingerprint density at radius 2 is 1.62 bits per heavy atom. The van der Waals surface area contributed by atoms with E-state index in [1.807, 2.05) is 0 Å². The van der Waals surface area contributed by atoms with Crippen molar-refractivity contribution in [2.24, 2.45) is 5.92 Å². The fraction of sp³-hybridized carbons (Fsp3) is 0.381. The van der Waals surface area contributed by atoms with Gasteiger partial charge in [0.05, 0.1) is 5.69 Å². The summed E-state index contributed by atoms with van der Waals surface area (Å²) in [6, 6.07) is 11.7. The second-order valence-corrected chi connectivity index (χ2v) is 9.69. The number of sulfonamides is 1. The number of carbonyl (C=O) groups is 1. The van der Waals surface area contributed by atoms with Crippen LogP contribution < -0.4 is 14.9 Å². The number of amides is 1. The Bertz CT molecular complexity index is 998. The highest BCUT2D eigenvalue weighted by atomic mass is 35.5. The van der Waals surface area contributed by atoms with E-state index >= 15 is 0 Å². The van der Waals surface area contributed by atoms with Gasteiger partial charge in [-0.1, -0.05) is 11.6 Å². The molecule has 8 heteroatoms. The van der Waals surface area contributed by atoms with Crippen molar-refractivity contribution in [2.45, 2.75) is 37.0 Å². The van der Waals surface area contributed by atoms with Crippen molar-refractivity contribution >= 4 is 44.6 Å². The summed E-state index contributed by atoms with van der Waals surface area (Å²) in [5.41, 5.74) is 1.60. The lowest BCUT2D eigenvalue weighted by atomic mass is 10.1. The zero-order valence-electron chi connectivity index (χ0n) is 16.0. The highest BCUT2D eigenvalue weighted by Gasteiger charge is 2.30. The largest absolute Gasteiger partial charge is 0.370 e. The maximum Gasteiger partial charge on any atom is 0.264 e.